The number of aromatic hydroxyl groups is 1. The molecular formula is C19H17NO4. The summed E-state index contributed by atoms with van der Waals surface area (Å²) in [5.41, 5.74) is 1.75. The first kappa shape index (κ1) is 17.1. The first-order valence-corrected chi connectivity index (χ1v) is 7.40. The van der Waals surface area contributed by atoms with Gasteiger partial charge in [0.2, 0.25) is 0 Å². The molecule has 2 aromatic carbocycles. The van der Waals surface area contributed by atoms with Crippen LogP contribution in [0.15, 0.2) is 48.5 Å². The van der Waals surface area contributed by atoms with Crippen LogP contribution >= 0.6 is 0 Å². The minimum atomic E-state index is -0.492. The molecular weight excluding hydrogens is 306 g/mol. The number of alkyl carbamates (subject to hydrolysis) is 1. The molecule has 1 amide bonds. The molecule has 5 heteroatoms. The van der Waals surface area contributed by atoms with E-state index in [0.29, 0.717) is 24.8 Å². The number of carbonyl (C=O) groups is 2. The lowest BCUT2D eigenvalue weighted by molar-refractivity contribution is 0.112. The maximum Gasteiger partial charge on any atom is 0.407 e. The Labute approximate surface area is 140 Å². The molecule has 0 fully saturated rings. The Hall–Kier alpha value is -3.26. The van der Waals surface area contributed by atoms with Gasteiger partial charge in [-0.2, -0.15) is 0 Å². The Bertz CT molecular complexity index is 760. The monoisotopic (exact) mass is 323 g/mol. The lowest BCUT2D eigenvalue weighted by atomic mass is 10.1. The van der Waals surface area contributed by atoms with Crippen LogP contribution in [0.5, 0.6) is 5.75 Å². The summed E-state index contributed by atoms with van der Waals surface area (Å²) in [6, 6.07) is 14.0. The molecule has 0 saturated heterocycles. The molecule has 24 heavy (non-hydrogen) atoms. The van der Waals surface area contributed by atoms with Gasteiger partial charge in [0.15, 0.2) is 6.29 Å². The molecule has 0 aromatic heterocycles. The van der Waals surface area contributed by atoms with Crippen molar-refractivity contribution >= 4 is 12.4 Å². The molecule has 2 aromatic rings. The van der Waals surface area contributed by atoms with Crippen LogP contribution in [0, 0.1) is 11.8 Å². The second kappa shape index (κ2) is 9.01. The third-order valence-corrected chi connectivity index (χ3v) is 3.12. The van der Waals surface area contributed by atoms with Crippen molar-refractivity contribution in [3.05, 3.63) is 65.2 Å². The van der Waals surface area contributed by atoms with Crippen LogP contribution in [0.1, 0.15) is 27.9 Å². The molecule has 0 radical (unpaired) electrons. The Morgan fingerprint density at radius 2 is 2.00 bits per heavy atom. The quantitative estimate of drug-likeness (QED) is 0.504. The number of ether oxygens (including phenoxy) is 1. The summed E-state index contributed by atoms with van der Waals surface area (Å²) in [7, 11) is 0. The largest absolute Gasteiger partial charge is 0.507 e. The van der Waals surface area contributed by atoms with Gasteiger partial charge in [0.05, 0.1) is 5.56 Å². The lowest BCUT2D eigenvalue weighted by Crippen LogP contribution is -2.24. The van der Waals surface area contributed by atoms with Gasteiger partial charge in [-0.3, -0.25) is 4.79 Å². The summed E-state index contributed by atoms with van der Waals surface area (Å²) in [4.78, 5) is 22.2. The van der Waals surface area contributed by atoms with E-state index in [1.807, 2.05) is 30.3 Å². The average molecular weight is 323 g/mol. The van der Waals surface area contributed by atoms with Gasteiger partial charge in [-0.25, -0.2) is 4.79 Å². The highest BCUT2D eigenvalue weighted by Gasteiger charge is 2.01. The minimum Gasteiger partial charge on any atom is -0.507 e. The van der Waals surface area contributed by atoms with Crippen molar-refractivity contribution in [2.45, 2.75) is 13.0 Å². The van der Waals surface area contributed by atoms with E-state index in [2.05, 4.69) is 17.2 Å². The van der Waals surface area contributed by atoms with Crippen LogP contribution in [0.2, 0.25) is 0 Å². The molecule has 0 spiro atoms. The van der Waals surface area contributed by atoms with Crippen LogP contribution in [-0.4, -0.2) is 24.0 Å². The highest BCUT2D eigenvalue weighted by molar-refractivity contribution is 5.79. The van der Waals surface area contributed by atoms with E-state index in [-0.39, 0.29) is 17.9 Å². The van der Waals surface area contributed by atoms with E-state index in [1.165, 1.54) is 12.1 Å². The number of benzene rings is 2. The van der Waals surface area contributed by atoms with Crippen molar-refractivity contribution in [1.29, 1.82) is 0 Å². The number of nitrogens with one attached hydrogen (secondary N) is 1. The summed E-state index contributed by atoms with van der Waals surface area (Å²) < 4.78 is 5.07. The lowest BCUT2D eigenvalue weighted by Gasteiger charge is -2.05. The number of hydrogen-bond acceptors (Lipinski definition) is 4. The normalized spacial score (nSPS) is 9.50. The highest BCUT2D eigenvalue weighted by atomic mass is 16.5. The first-order valence-electron chi connectivity index (χ1n) is 7.40. The van der Waals surface area contributed by atoms with Gasteiger partial charge in [-0.15, -0.1) is 0 Å². The van der Waals surface area contributed by atoms with Gasteiger partial charge in [0.1, 0.15) is 12.4 Å². The summed E-state index contributed by atoms with van der Waals surface area (Å²) in [6.07, 6.45) is 0.524. The number of aldehydes is 1. The van der Waals surface area contributed by atoms with Crippen LogP contribution in [0.3, 0.4) is 0 Å². The minimum absolute atomic E-state index is 0.0709. The summed E-state index contributed by atoms with van der Waals surface area (Å²) in [5, 5.41) is 12.0. The predicted molar refractivity (Wildman–Crippen MR) is 89.6 cm³/mol. The fourth-order valence-corrected chi connectivity index (χ4v) is 1.89. The van der Waals surface area contributed by atoms with Crippen molar-refractivity contribution in [3.8, 4) is 17.6 Å². The van der Waals surface area contributed by atoms with Crippen LogP contribution in [0.25, 0.3) is 0 Å². The van der Waals surface area contributed by atoms with Gasteiger partial charge in [-0.1, -0.05) is 42.2 Å². The predicted octanol–water partition coefficient (Wildman–Crippen LogP) is 2.87. The first-order chi connectivity index (χ1) is 11.7. The molecule has 0 heterocycles. The molecule has 5 nitrogen and oxygen atoms in total. The zero-order valence-electron chi connectivity index (χ0n) is 13.0. The Morgan fingerprint density at radius 3 is 2.75 bits per heavy atom. The SMILES string of the molecule is O=Cc1cc(C#CCCNC(=O)OCc2ccccc2)ccc1O. The number of carbonyl (C=O) groups excluding carboxylic acids is 2. The molecule has 0 aliphatic carbocycles. The Morgan fingerprint density at radius 1 is 1.21 bits per heavy atom. The van der Waals surface area contributed by atoms with Crippen molar-refractivity contribution in [2.24, 2.45) is 0 Å². The number of rotatable bonds is 5. The molecule has 0 saturated carbocycles. The second-order valence-corrected chi connectivity index (χ2v) is 4.93. The Kier molecular flexibility index (Phi) is 6.42. The molecule has 0 unspecified atom stereocenters. The molecule has 2 rings (SSSR count). The average Bonchev–Trinajstić information content (AvgIpc) is 2.62. The molecule has 0 aliphatic rings. The molecule has 2 N–H and O–H groups in total. The number of hydrogen-bond donors (Lipinski definition) is 2. The third-order valence-electron chi connectivity index (χ3n) is 3.12. The standard InChI is InChI=1S/C19H17NO4/c21-13-17-12-15(9-10-18(17)22)6-4-5-11-20-19(23)24-14-16-7-2-1-3-8-16/h1-3,7-10,12-13,22H,5,11,14H2,(H,20,23). The highest BCUT2D eigenvalue weighted by Crippen LogP contribution is 2.15. The van der Waals surface area contributed by atoms with E-state index >= 15 is 0 Å². The van der Waals surface area contributed by atoms with Gasteiger partial charge in [0, 0.05) is 18.5 Å². The molecule has 0 aliphatic heterocycles. The maximum absolute atomic E-state index is 11.5. The molecule has 0 bridgehead atoms. The van der Waals surface area contributed by atoms with Crippen molar-refractivity contribution in [1.82, 2.24) is 5.32 Å². The topological polar surface area (TPSA) is 75.6 Å². The zero-order valence-corrected chi connectivity index (χ0v) is 13.0. The third kappa shape index (κ3) is 5.50. The van der Waals surface area contributed by atoms with E-state index in [1.54, 1.807) is 6.07 Å². The number of phenols is 1. The fourth-order valence-electron chi connectivity index (χ4n) is 1.89. The number of phenolic OH excluding ortho intramolecular Hbond substituents is 1. The van der Waals surface area contributed by atoms with Crippen molar-refractivity contribution < 1.29 is 19.4 Å². The van der Waals surface area contributed by atoms with Crippen molar-refractivity contribution in [2.75, 3.05) is 6.54 Å². The van der Waals surface area contributed by atoms with Gasteiger partial charge in [0.25, 0.3) is 0 Å². The fraction of sp³-hybridized carbons (Fsp3) is 0.158. The van der Waals surface area contributed by atoms with Crippen molar-refractivity contribution in [3.63, 3.8) is 0 Å². The Balaban J connectivity index is 1.71. The summed E-state index contributed by atoms with van der Waals surface area (Å²) >= 11 is 0. The van der Waals surface area contributed by atoms with Gasteiger partial charge >= 0.3 is 6.09 Å². The van der Waals surface area contributed by atoms with Gasteiger partial charge in [-0.05, 0) is 23.8 Å². The van der Waals surface area contributed by atoms with Crippen LogP contribution in [0.4, 0.5) is 4.79 Å². The molecule has 122 valence electrons. The van der Waals surface area contributed by atoms with Crippen LogP contribution < -0.4 is 5.32 Å². The number of amides is 1. The van der Waals surface area contributed by atoms with Crippen LogP contribution in [-0.2, 0) is 11.3 Å². The van der Waals surface area contributed by atoms with E-state index in [0.717, 1.165) is 5.56 Å². The summed E-state index contributed by atoms with van der Waals surface area (Å²) in [6.45, 7) is 0.583. The zero-order chi connectivity index (χ0) is 17.2. The summed E-state index contributed by atoms with van der Waals surface area (Å²) in [5.74, 6) is 5.68. The molecule has 0 atom stereocenters. The van der Waals surface area contributed by atoms with E-state index in [9.17, 15) is 14.7 Å². The van der Waals surface area contributed by atoms with E-state index < -0.39 is 6.09 Å². The maximum atomic E-state index is 11.5. The second-order valence-electron chi connectivity index (χ2n) is 4.93. The smallest absolute Gasteiger partial charge is 0.407 e. The van der Waals surface area contributed by atoms with Gasteiger partial charge < -0.3 is 15.2 Å². The van der Waals surface area contributed by atoms with E-state index in [4.69, 9.17) is 4.74 Å².